The number of pyridine rings is 3. The Morgan fingerprint density at radius 3 is 2.54 bits per heavy atom. The molecule has 8 nitrogen and oxygen atoms in total. The van der Waals surface area contributed by atoms with Crippen molar-refractivity contribution in [2.45, 2.75) is 25.3 Å². The molecule has 9 heteroatoms. The van der Waals surface area contributed by atoms with Crippen LogP contribution in [0, 0.1) is 13.8 Å². The van der Waals surface area contributed by atoms with Crippen LogP contribution in [0.1, 0.15) is 17.1 Å². The van der Waals surface area contributed by atoms with Crippen LogP contribution in [0.2, 0.25) is 0 Å². The number of hydrogen-bond acceptors (Lipinski definition) is 6. The lowest BCUT2D eigenvalue weighted by Gasteiger charge is -2.08. The molecule has 4 rings (SSSR count). The standard InChI is InChI=1S/C17H16N6O2S/c1-10-3-6-14-16-15(11(2)22-17(14)21-10)8-20-23(16)9-12-4-5-13(7-19-12)26(18,24)25/h3-8H,9H2,1-2H3,(H2,18,24,25). The number of primary sulfonamides is 1. The van der Waals surface area contributed by atoms with E-state index in [1.54, 1.807) is 12.3 Å². The van der Waals surface area contributed by atoms with E-state index in [1.165, 1.54) is 12.3 Å². The molecule has 0 aliphatic rings. The molecule has 4 aromatic rings. The first-order valence-corrected chi connectivity index (χ1v) is 9.45. The SMILES string of the molecule is Cc1ccc2c(n1)nc(C)c1cnn(Cc3ccc(S(N)(=O)=O)cn3)c12. The zero-order valence-electron chi connectivity index (χ0n) is 14.2. The molecule has 0 bridgehead atoms. The third kappa shape index (κ3) is 2.80. The van der Waals surface area contributed by atoms with Gasteiger partial charge in [-0.2, -0.15) is 5.10 Å². The fourth-order valence-corrected chi connectivity index (χ4v) is 3.37. The second kappa shape index (κ2) is 5.82. The molecule has 0 saturated heterocycles. The summed E-state index contributed by atoms with van der Waals surface area (Å²) < 4.78 is 24.5. The molecular weight excluding hydrogens is 352 g/mol. The van der Waals surface area contributed by atoms with Gasteiger partial charge in [0.2, 0.25) is 10.0 Å². The second-order valence-corrected chi connectivity index (χ2v) is 7.68. The molecule has 0 aromatic carbocycles. The molecule has 0 fully saturated rings. The Bertz CT molecular complexity index is 1250. The van der Waals surface area contributed by atoms with E-state index in [2.05, 4.69) is 20.1 Å². The minimum atomic E-state index is -3.76. The summed E-state index contributed by atoms with van der Waals surface area (Å²) in [4.78, 5) is 13.2. The summed E-state index contributed by atoms with van der Waals surface area (Å²) in [5.41, 5.74) is 4.03. The summed E-state index contributed by atoms with van der Waals surface area (Å²) in [5, 5.41) is 11.4. The highest BCUT2D eigenvalue weighted by atomic mass is 32.2. The fourth-order valence-electron chi connectivity index (χ4n) is 2.91. The maximum Gasteiger partial charge on any atom is 0.239 e. The number of aromatic nitrogens is 5. The Labute approximate surface area is 149 Å². The third-order valence-electron chi connectivity index (χ3n) is 4.21. The summed E-state index contributed by atoms with van der Waals surface area (Å²) in [7, 11) is -3.76. The lowest BCUT2D eigenvalue weighted by Crippen LogP contribution is -2.13. The molecule has 4 heterocycles. The Balaban J connectivity index is 1.83. The van der Waals surface area contributed by atoms with E-state index in [-0.39, 0.29) is 4.90 Å². The van der Waals surface area contributed by atoms with Gasteiger partial charge in [0.1, 0.15) is 4.90 Å². The number of sulfonamides is 1. The van der Waals surface area contributed by atoms with Crippen molar-refractivity contribution in [3.05, 3.63) is 53.7 Å². The first-order chi connectivity index (χ1) is 12.3. The van der Waals surface area contributed by atoms with Crippen molar-refractivity contribution in [2.24, 2.45) is 5.14 Å². The van der Waals surface area contributed by atoms with Gasteiger partial charge in [-0.25, -0.2) is 23.5 Å². The number of nitrogens with zero attached hydrogens (tertiary/aromatic N) is 5. The van der Waals surface area contributed by atoms with Gasteiger partial charge in [0, 0.05) is 22.7 Å². The van der Waals surface area contributed by atoms with Gasteiger partial charge in [-0.15, -0.1) is 0 Å². The van der Waals surface area contributed by atoms with Crippen LogP contribution in [-0.4, -0.2) is 33.2 Å². The zero-order valence-corrected chi connectivity index (χ0v) is 15.0. The molecule has 0 radical (unpaired) electrons. The molecule has 132 valence electrons. The van der Waals surface area contributed by atoms with Crippen LogP contribution in [0.4, 0.5) is 0 Å². The number of fused-ring (bicyclic) bond motifs is 3. The van der Waals surface area contributed by atoms with E-state index in [9.17, 15) is 8.42 Å². The average Bonchev–Trinajstić information content (AvgIpc) is 2.99. The monoisotopic (exact) mass is 368 g/mol. The lowest BCUT2D eigenvalue weighted by atomic mass is 10.1. The Morgan fingerprint density at radius 2 is 1.85 bits per heavy atom. The van der Waals surface area contributed by atoms with Crippen LogP contribution in [0.5, 0.6) is 0 Å². The fraction of sp³-hybridized carbons (Fsp3) is 0.176. The van der Waals surface area contributed by atoms with Crippen LogP contribution in [0.3, 0.4) is 0 Å². The van der Waals surface area contributed by atoms with E-state index in [4.69, 9.17) is 5.14 Å². The van der Waals surface area contributed by atoms with Gasteiger partial charge >= 0.3 is 0 Å². The molecule has 0 saturated carbocycles. The van der Waals surface area contributed by atoms with E-state index in [0.717, 1.165) is 27.7 Å². The highest BCUT2D eigenvalue weighted by Crippen LogP contribution is 2.26. The van der Waals surface area contributed by atoms with Gasteiger partial charge in [0.05, 0.1) is 29.6 Å². The molecular formula is C17H16N6O2S. The lowest BCUT2D eigenvalue weighted by molar-refractivity contribution is 0.597. The zero-order chi connectivity index (χ0) is 18.5. The summed E-state index contributed by atoms with van der Waals surface area (Å²) in [5.74, 6) is 0. The minimum Gasteiger partial charge on any atom is -0.258 e. The molecule has 0 aliphatic heterocycles. The van der Waals surface area contributed by atoms with Crippen molar-refractivity contribution >= 4 is 32.0 Å². The first kappa shape index (κ1) is 16.6. The number of nitrogens with two attached hydrogens (primary N) is 1. The molecule has 26 heavy (non-hydrogen) atoms. The summed E-state index contributed by atoms with van der Waals surface area (Å²) in [6, 6.07) is 7.00. The van der Waals surface area contributed by atoms with Crippen LogP contribution in [0.15, 0.2) is 41.6 Å². The molecule has 4 aromatic heterocycles. The number of hydrogen-bond donors (Lipinski definition) is 1. The maximum absolute atomic E-state index is 11.4. The summed E-state index contributed by atoms with van der Waals surface area (Å²) in [6.45, 7) is 4.24. The molecule has 2 N–H and O–H groups in total. The van der Waals surface area contributed by atoms with Crippen molar-refractivity contribution in [1.82, 2.24) is 24.7 Å². The van der Waals surface area contributed by atoms with Crippen molar-refractivity contribution in [3.63, 3.8) is 0 Å². The number of rotatable bonds is 3. The highest BCUT2D eigenvalue weighted by Gasteiger charge is 2.14. The minimum absolute atomic E-state index is 0.0169. The van der Waals surface area contributed by atoms with Crippen molar-refractivity contribution in [1.29, 1.82) is 0 Å². The van der Waals surface area contributed by atoms with Gasteiger partial charge < -0.3 is 0 Å². The maximum atomic E-state index is 11.4. The average molecular weight is 368 g/mol. The quantitative estimate of drug-likeness (QED) is 0.588. The molecule has 0 aliphatic carbocycles. The van der Waals surface area contributed by atoms with Crippen LogP contribution < -0.4 is 5.14 Å². The Hall–Kier alpha value is -2.91. The topological polar surface area (TPSA) is 117 Å². The largest absolute Gasteiger partial charge is 0.258 e. The molecule has 0 atom stereocenters. The van der Waals surface area contributed by atoms with Crippen molar-refractivity contribution in [3.8, 4) is 0 Å². The van der Waals surface area contributed by atoms with Crippen molar-refractivity contribution < 1.29 is 8.42 Å². The Kier molecular flexibility index (Phi) is 3.70. The second-order valence-electron chi connectivity index (χ2n) is 6.12. The van der Waals surface area contributed by atoms with Crippen LogP contribution in [0.25, 0.3) is 21.9 Å². The molecule has 0 amide bonds. The van der Waals surface area contributed by atoms with E-state index >= 15 is 0 Å². The predicted octanol–water partition coefficient (Wildman–Crippen LogP) is 1.69. The Morgan fingerprint density at radius 1 is 1.04 bits per heavy atom. The van der Waals surface area contributed by atoms with Crippen LogP contribution in [-0.2, 0) is 16.6 Å². The highest BCUT2D eigenvalue weighted by molar-refractivity contribution is 7.89. The van der Waals surface area contributed by atoms with E-state index < -0.39 is 10.0 Å². The van der Waals surface area contributed by atoms with Gasteiger partial charge in [0.25, 0.3) is 0 Å². The van der Waals surface area contributed by atoms with Gasteiger partial charge in [-0.05, 0) is 38.1 Å². The third-order valence-corrected chi connectivity index (χ3v) is 5.11. The van der Waals surface area contributed by atoms with E-state index in [0.29, 0.717) is 17.9 Å². The molecule has 0 unspecified atom stereocenters. The normalized spacial score (nSPS) is 12.1. The number of aryl methyl sites for hydroxylation is 2. The van der Waals surface area contributed by atoms with Gasteiger partial charge in [0.15, 0.2) is 5.65 Å². The van der Waals surface area contributed by atoms with E-state index in [1.807, 2.05) is 30.7 Å². The summed E-state index contributed by atoms with van der Waals surface area (Å²) in [6.07, 6.45) is 3.03. The molecule has 0 spiro atoms. The first-order valence-electron chi connectivity index (χ1n) is 7.90. The predicted molar refractivity (Wildman–Crippen MR) is 97.0 cm³/mol. The summed E-state index contributed by atoms with van der Waals surface area (Å²) >= 11 is 0. The van der Waals surface area contributed by atoms with Crippen molar-refractivity contribution in [2.75, 3.05) is 0 Å². The van der Waals surface area contributed by atoms with Gasteiger partial charge in [-0.3, -0.25) is 9.67 Å². The smallest absolute Gasteiger partial charge is 0.239 e. The van der Waals surface area contributed by atoms with Gasteiger partial charge in [-0.1, -0.05) is 0 Å². The van der Waals surface area contributed by atoms with Crippen LogP contribution >= 0.6 is 0 Å².